The van der Waals surface area contributed by atoms with Crippen LogP contribution in [0.4, 0.5) is 13.6 Å². The van der Waals surface area contributed by atoms with Gasteiger partial charge in [0.2, 0.25) is 0 Å². The summed E-state index contributed by atoms with van der Waals surface area (Å²) in [7, 11) is 0. The molecule has 0 saturated carbocycles. The molecule has 0 aliphatic carbocycles. The first-order valence-electron chi connectivity index (χ1n) is 4.70. The van der Waals surface area contributed by atoms with Crippen LogP contribution in [0.25, 0.3) is 0 Å². The van der Waals surface area contributed by atoms with Gasteiger partial charge < -0.3 is 15.2 Å². The van der Waals surface area contributed by atoms with Crippen LogP contribution in [0.15, 0.2) is 22.7 Å². The molecule has 0 aromatic heterocycles. The third-order valence-corrected chi connectivity index (χ3v) is 2.87. The van der Waals surface area contributed by atoms with E-state index in [9.17, 15) is 18.7 Å². The van der Waals surface area contributed by atoms with Crippen LogP contribution in [-0.4, -0.2) is 23.7 Å². The van der Waals surface area contributed by atoms with Crippen molar-refractivity contribution in [1.29, 1.82) is 0 Å². The molecule has 18 heavy (non-hydrogen) atoms. The van der Waals surface area contributed by atoms with Gasteiger partial charge in [-0.25, -0.2) is 13.6 Å². The average Bonchev–Trinajstić information content (AvgIpc) is 2.26. The minimum atomic E-state index is -3.27. The predicted octanol–water partition coefficient (Wildman–Crippen LogP) is 2.99. The van der Waals surface area contributed by atoms with Crippen LogP contribution in [0.3, 0.4) is 0 Å². The number of ether oxygens (including phenoxy) is 1. The maximum atomic E-state index is 13.6. The van der Waals surface area contributed by atoms with Crippen molar-refractivity contribution in [2.75, 3.05) is 6.61 Å². The van der Waals surface area contributed by atoms with Crippen LogP contribution in [0, 0.1) is 0 Å². The number of alkyl carbamates (subject to hydrolysis) is 1. The Morgan fingerprint density at radius 2 is 2.17 bits per heavy atom. The first kappa shape index (κ1) is 15.0. The van der Waals surface area contributed by atoms with E-state index in [1.165, 1.54) is 18.2 Å². The highest BCUT2D eigenvalue weighted by molar-refractivity contribution is 9.10. The number of phenolic OH excluding ortho intramolecular Hbond substituents is 1. The number of halogens is 4. The molecule has 0 radical (unpaired) electrons. The molecule has 4 nitrogen and oxygen atoms in total. The molecule has 1 aromatic carbocycles. The number of cyclic esters (lactones) is 1. The minimum absolute atomic E-state index is 0. The standard InChI is InChI=1S/C10H8BrF2NO3.ClH/c11-5-1-2-7(15)6(3-5)8-10(12,13)4-17-9(16)14-8;/h1-3,8,15H,4H2,(H,14,16);1H/t8-;/m0./s1. The molecule has 1 fully saturated rings. The second-order valence-corrected chi connectivity index (χ2v) is 4.53. The SMILES string of the molecule is Cl.O=C1N[C@@H](c2cc(Br)ccc2O)C(F)(F)CO1. The van der Waals surface area contributed by atoms with Gasteiger partial charge in [-0.1, -0.05) is 15.9 Å². The first-order chi connectivity index (χ1) is 7.90. The lowest BCUT2D eigenvalue weighted by atomic mass is 9.99. The lowest BCUT2D eigenvalue weighted by Gasteiger charge is -2.32. The van der Waals surface area contributed by atoms with Gasteiger partial charge in [0.25, 0.3) is 0 Å². The molecule has 0 spiro atoms. The van der Waals surface area contributed by atoms with Gasteiger partial charge in [-0.15, -0.1) is 12.4 Å². The van der Waals surface area contributed by atoms with E-state index in [0.717, 1.165) is 0 Å². The summed E-state index contributed by atoms with van der Waals surface area (Å²) in [6, 6.07) is 2.52. The van der Waals surface area contributed by atoms with Gasteiger partial charge in [-0.2, -0.15) is 0 Å². The van der Waals surface area contributed by atoms with Crippen molar-refractivity contribution in [3.63, 3.8) is 0 Å². The van der Waals surface area contributed by atoms with Gasteiger partial charge in [0.1, 0.15) is 11.8 Å². The van der Waals surface area contributed by atoms with Crippen molar-refractivity contribution in [3.05, 3.63) is 28.2 Å². The Bertz CT molecular complexity index is 472. The topological polar surface area (TPSA) is 58.6 Å². The molecular formula is C10H9BrClF2NO3. The molecule has 1 aliphatic rings. The van der Waals surface area contributed by atoms with E-state index in [2.05, 4.69) is 20.7 Å². The molecule has 0 bridgehead atoms. The van der Waals surface area contributed by atoms with Gasteiger partial charge in [0.05, 0.1) is 0 Å². The van der Waals surface area contributed by atoms with Crippen LogP contribution in [0.1, 0.15) is 11.6 Å². The van der Waals surface area contributed by atoms with Crippen molar-refractivity contribution < 1.29 is 23.4 Å². The molecule has 2 rings (SSSR count). The summed E-state index contributed by atoms with van der Waals surface area (Å²) in [5.74, 6) is -3.58. The summed E-state index contributed by atoms with van der Waals surface area (Å²) >= 11 is 3.12. The number of amides is 1. The molecular weight excluding hydrogens is 335 g/mol. The zero-order valence-electron chi connectivity index (χ0n) is 8.82. The molecule has 0 unspecified atom stereocenters. The van der Waals surface area contributed by atoms with Crippen molar-refractivity contribution in [3.8, 4) is 5.75 Å². The van der Waals surface area contributed by atoms with E-state index in [1.807, 2.05) is 5.32 Å². The molecule has 1 saturated heterocycles. The summed E-state index contributed by atoms with van der Waals surface area (Å²) in [6.45, 7) is -1.00. The fraction of sp³-hybridized carbons (Fsp3) is 0.300. The van der Waals surface area contributed by atoms with Gasteiger partial charge in [0, 0.05) is 10.0 Å². The maximum absolute atomic E-state index is 13.6. The van der Waals surface area contributed by atoms with Crippen LogP contribution in [-0.2, 0) is 4.74 Å². The number of rotatable bonds is 1. The van der Waals surface area contributed by atoms with Crippen molar-refractivity contribution in [2.24, 2.45) is 0 Å². The Morgan fingerprint density at radius 1 is 1.50 bits per heavy atom. The van der Waals surface area contributed by atoms with E-state index in [1.54, 1.807) is 0 Å². The van der Waals surface area contributed by atoms with E-state index in [0.29, 0.717) is 4.47 Å². The van der Waals surface area contributed by atoms with Crippen molar-refractivity contribution >= 4 is 34.4 Å². The molecule has 1 amide bonds. The summed E-state index contributed by atoms with van der Waals surface area (Å²) in [6.07, 6.45) is -0.930. The third-order valence-electron chi connectivity index (χ3n) is 2.38. The third kappa shape index (κ3) is 2.84. The number of nitrogens with one attached hydrogen (secondary N) is 1. The Balaban J connectivity index is 0.00000162. The van der Waals surface area contributed by atoms with Crippen LogP contribution in [0.2, 0.25) is 0 Å². The normalized spacial score (nSPS) is 21.5. The number of hydrogen-bond acceptors (Lipinski definition) is 3. The Hall–Kier alpha value is -1.08. The van der Waals surface area contributed by atoms with E-state index < -0.39 is 24.7 Å². The van der Waals surface area contributed by atoms with Crippen molar-refractivity contribution in [2.45, 2.75) is 12.0 Å². The highest BCUT2D eigenvalue weighted by Gasteiger charge is 2.47. The summed E-state index contributed by atoms with van der Waals surface area (Å²) in [4.78, 5) is 11.0. The molecule has 1 aromatic rings. The molecule has 2 N–H and O–H groups in total. The quantitative estimate of drug-likeness (QED) is 0.823. The lowest BCUT2D eigenvalue weighted by molar-refractivity contribution is -0.104. The van der Waals surface area contributed by atoms with Crippen LogP contribution < -0.4 is 5.32 Å². The number of alkyl halides is 2. The molecule has 1 atom stereocenters. The molecule has 8 heteroatoms. The van der Waals surface area contributed by atoms with Gasteiger partial charge in [-0.3, -0.25) is 0 Å². The smallest absolute Gasteiger partial charge is 0.408 e. The van der Waals surface area contributed by atoms with Crippen LogP contribution in [0.5, 0.6) is 5.75 Å². The van der Waals surface area contributed by atoms with Crippen molar-refractivity contribution in [1.82, 2.24) is 5.32 Å². The predicted molar refractivity (Wildman–Crippen MR) is 65.2 cm³/mol. The summed E-state index contributed by atoms with van der Waals surface area (Å²) < 4.78 is 31.9. The number of phenols is 1. The fourth-order valence-corrected chi connectivity index (χ4v) is 1.95. The van der Waals surface area contributed by atoms with E-state index in [-0.39, 0.29) is 23.7 Å². The first-order valence-corrected chi connectivity index (χ1v) is 5.49. The number of hydrogen-bond donors (Lipinski definition) is 2. The highest BCUT2D eigenvalue weighted by atomic mass is 79.9. The fourth-order valence-electron chi connectivity index (χ4n) is 1.57. The summed E-state index contributed by atoms with van der Waals surface area (Å²) in [5.41, 5.74) is -0.0546. The molecule has 1 heterocycles. The number of carbonyl (C=O) groups is 1. The van der Waals surface area contributed by atoms with Crippen LogP contribution >= 0.6 is 28.3 Å². The Labute approximate surface area is 116 Å². The lowest BCUT2D eigenvalue weighted by Crippen LogP contribution is -2.49. The molecule has 1 aliphatic heterocycles. The second-order valence-electron chi connectivity index (χ2n) is 3.62. The zero-order chi connectivity index (χ0) is 12.6. The Kier molecular flexibility index (Phi) is 4.39. The summed E-state index contributed by atoms with van der Waals surface area (Å²) in [5, 5.41) is 11.6. The maximum Gasteiger partial charge on any atom is 0.408 e. The zero-order valence-corrected chi connectivity index (χ0v) is 11.2. The molecule has 100 valence electrons. The minimum Gasteiger partial charge on any atom is -0.508 e. The highest BCUT2D eigenvalue weighted by Crippen LogP contribution is 2.39. The van der Waals surface area contributed by atoms with E-state index >= 15 is 0 Å². The van der Waals surface area contributed by atoms with Gasteiger partial charge in [0.15, 0.2) is 6.61 Å². The average molecular weight is 345 g/mol. The number of carbonyl (C=O) groups excluding carboxylic acids is 1. The van der Waals surface area contributed by atoms with Gasteiger partial charge >= 0.3 is 12.0 Å². The second kappa shape index (κ2) is 5.27. The number of benzene rings is 1. The Morgan fingerprint density at radius 3 is 2.83 bits per heavy atom. The largest absolute Gasteiger partial charge is 0.508 e. The monoisotopic (exact) mass is 343 g/mol. The van der Waals surface area contributed by atoms with Gasteiger partial charge in [-0.05, 0) is 18.2 Å². The van der Waals surface area contributed by atoms with E-state index in [4.69, 9.17) is 0 Å². The number of aromatic hydroxyl groups is 1.